The number of benzene rings is 2. The molecule has 0 fully saturated rings. The molecule has 1 N–H and O–H groups in total. The molecule has 4 nitrogen and oxygen atoms in total. The van der Waals surface area contributed by atoms with E-state index in [9.17, 15) is 27.2 Å². The van der Waals surface area contributed by atoms with E-state index in [1.54, 1.807) is 6.07 Å². The molecule has 0 heterocycles. The fourth-order valence-corrected chi connectivity index (χ4v) is 2.03. The van der Waals surface area contributed by atoms with Crippen molar-refractivity contribution >= 4 is 23.6 Å². The topological polar surface area (TPSA) is 55.4 Å². The Morgan fingerprint density at radius 2 is 1.78 bits per heavy atom. The summed E-state index contributed by atoms with van der Waals surface area (Å²) >= 11 is 0. The second-order valence-corrected chi connectivity index (χ2v) is 5.53. The number of halogens is 4. The van der Waals surface area contributed by atoms with Crippen molar-refractivity contribution < 1.29 is 31.9 Å². The van der Waals surface area contributed by atoms with E-state index < -0.39 is 35.5 Å². The summed E-state index contributed by atoms with van der Waals surface area (Å²) in [5.41, 5.74) is -0.275. The van der Waals surface area contributed by atoms with E-state index >= 15 is 0 Å². The number of anilines is 1. The molecular weight excluding hydrogens is 366 g/mol. The second-order valence-electron chi connectivity index (χ2n) is 5.53. The zero-order chi connectivity index (χ0) is 20.0. The molecular formula is C19H15F4NO3. The van der Waals surface area contributed by atoms with Crippen LogP contribution in [0.1, 0.15) is 18.1 Å². The highest BCUT2D eigenvalue weighted by atomic mass is 19.4. The molecule has 1 amide bonds. The third kappa shape index (κ3) is 6.25. The molecule has 27 heavy (non-hydrogen) atoms. The van der Waals surface area contributed by atoms with Crippen LogP contribution >= 0.6 is 0 Å². The number of esters is 1. The van der Waals surface area contributed by atoms with Crippen molar-refractivity contribution in [2.75, 3.05) is 5.32 Å². The molecule has 0 aliphatic rings. The van der Waals surface area contributed by atoms with Crippen LogP contribution in [0.3, 0.4) is 0 Å². The SMILES string of the molecule is C[C@@H](OC(=O)/C=C/c1cccc(F)c1)C(=O)Nc1ccc(C(F)(F)F)cc1. The van der Waals surface area contributed by atoms with Crippen LogP contribution in [-0.2, 0) is 20.5 Å². The summed E-state index contributed by atoms with van der Waals surface area (Å²) in [6.45, 7) is 1.31. The molecule has 2 aromatic carbocycles. The summed E-state index contributed by atoms with van der Waals surface area (Å²) in [7, 11) is 0. The lowest BCUT2D eigenvalue weighted by Crippen LogP contribution is -2.29. The molecule has 0 saturated carbocycles. The molecule has 0 radical (unpaired) electrons. The van der Waals surface area contributed by atoms with Gasteiger partial charge < -0.3 is 10.1 Å². The molecule has 0 aliphatic carbocycles. The number of nitrogens with one attached hydrogen (secondary N) is 1. The van der Waals surface area contributed by atoms with Gasteiger partial charge in [0.15, 0.2) is 6.10 Å². The standard InChI is InChI=1S/C19H15F4NO3/c1-12(27-17(25)10-5-13-3-2-4-15(20)11-13)18(26)24-16-8-6-14(7-9-16)19(21,22)23/h2-12H,1H3,(H,24,26)/b10-5+/t12-/m1/s1. The van der Waals surface area contributed by atoms with Crippen molar-refractivity contribution in [1.29, 1.82) is 0 Å². The maximum Gasteiger partial charge on any atom is 0.416 e. The summed E-state index contributed by atoms with van der Waals surface area (Å²) in [5.74, 6) is -1.99. The van der Waals surface area contributed by atoms with Gasteiger partial charge in [0, 0.05) is 11.8 Å². The first-order chi connectivity index (χ1) is 12.6. The summed E-state index contributed by atoms with van der Waals surface area (Å²) < 4.78 is 55.4. The molecule has 0 aromatic heterocycles. The van der Waals surface area contributed by atoms with Crippen LogP contribution in [0.15, 0.2) is 54.6 Å². The minimum absolute atomic E-state index is 0.131. The average molecular weight is 381 g/mol. The van der Waals surface area contributed by atoms with E-state index in [2.05, 4.69) is 5.32 Å². The van der Waals surface area contributed by atoms with Crippen LogP contribution in [0, 0.1) is 5.82 Å². The van der Waals surface area contributed by atoms with Gasteiger partial charge >= 0.3 is 12.1 Å². The molecule has 142 valence electrons. The number of carbonyl (C=O) groups is 2. The number of ether oxygens (including phenoxy) is 1. The van der Waals surface area contributed by atoms with Crippen molar-refractivity contribution in [2.24, 2.45) is 0 Å². The number of hydrogen-bond acceptors (Lipinski definition) is 3. The van der Waals surface area contributed by atoms with Crippen molar-refractivity contribution in [3.05, 3.63) is 71.6 Å². The second kappa shape index (κ2) is 8.48. The van der Waals surface area contributed by atoms with Gasteiger partial charge in [0.25, 0.3) is 5.91 Å². The average Bonchev–Trinajstić information content (AvgIpc) is 2.59. The van der Waals surface area contributed by atoms with Crippen LogP contribution in [-0.4, -0.2) is 18.0 Å². The Balaban J connectivity index is 1.90. The monoisotopic (exact) mass is 381 g/mol. The van der Waals surface area contributed by atoms with Crippen LogP contribution in [0.4, 0.5) is 23.2 Å². The van der Waals surface area contributed by atoms with Gasteiger partial charge in [0.05, 0.1) is 5.56 Å². The van der Waals surface area contributed by atoms with Crippen molar-refractivity contribution in [3.63, 3.8) is 0 Å². The quantitative estimate of drug-likeness (QED) is 0.474. The Hall–Kier alpha value is -3.16. The van der Waals surface area contributed by atoms with Crippen LogP contribution in [0.2, 0.25) is 0 Å². The van der Waals surface area contributed by atoms with Gasteiger partial charge in [-0.15, -0.1) is 0 Å². The summed E-state index contributed by atoms with van der Waals surface area (Å²) in [4.78, 5) is 23.7. The molecule has 8 heteroatoms. The van der Waals surface area contributed by atoms with Gasteiger partial charge in [-0.3, -0.25) is 4.79 Å². The van der Waals surface area contributed by atoms with Crippen LogP contribution in [0.25, 0.3) is 6.08 Å². The minimum atomic E-state index is -4.47. The molecule has 1 atom stereocenters. The largest absolute Gasteiger partial charge is 0.449 e. The smallest absolute Gasteiger partial charge is 0.416 e. The Bertz CT molecular complexity index is 845. The Labute approximate surface area is 152 Å². The number of amides is 1. The third-order valence-electron chi connectivity index (χ3n) is 3.40. The van der Waals surface area contributed by atoms with Crippen molar-refractivity contribution in [1.82, 2.24) is 0 Å². The highest BCUT2D eigenvalue weighted by Crippen LogP contribution is 2.29. The normalized spacial score (nSPS) is 12.6. The maximum absolute atomic E-state index is 13.0. The van der Waals surface area contributed by atoms with Gasteiger partial charge in [-0.25, -0.2) is 9.18 Å². The summed E-state index contributed by atoms with van der Waals surface area (Å²) in [6, 6.07) is 9.36. The number of rotatable bonds is 5. The summed E-state index contributed by atoms with van der Waals surface area (Å²) in [5, 5.41) is 2.35. The zero-order valence-electron chi connectivity index (χ0n) is 14.1. The Morgan fingerprint density at radius 3 is 2.37 bits per heavy atom. The lowest BCUT2D eigenvalue weighted by atomic mass is 10.2. The van der Waals surface area contributed by atoms with E-state index in [4.69, 9.17) is 4.74 Å². The number of hydrogen-bond donors (Lipinski definition) is 1. The van der Waals surface area contributed by atoms with Gasteiger partial charge in [-0.05, 0) is 55.0 Å². The molecule has 2 rings (SSSR count). The van der Waals surface area contributed by atoms with E-state index in [1.807, 2.05) is 0 Å². The third-order valence-corrected chi connectivity index (χ3v) is 3.40. The zero-order valence-corrected chi connectivity index (χ0v) is 14.1. The van der Waals surface area contributed by atoms with Crippen molar-refractivity contribution in [2.45, 2.75) is 19.2 Å². The van der Waals surface area contributed by atoms with Gasteiger partial charge in [0.2, 0.25) is 0 Å². The first-order valence-electron chi connectivity index (χ1n) is 7.77. The fraction of sp³-hybridized carbons (Fsp3) is 0.158. The lowest BCUT2D eigenvalue weighted by Gasteiger charge is -2.13. The Kier molecular flexibility index (Phi) is 6.33. The van der Waals surface area contributed by atoms with E-state index in [1.165, 1.54) is 31.2 Å². The van der Waals surface area contributed by atoms with E-state index in [-0.39, 0.29) is 5.69 Å². The molecule has 2 aromatic rings. The summed E-state index contributed by atoms with van der Waals surface area (Å²) in [6.07, 6.45) is -3.29. The molecule has 0 saturated heterocycles. The first-order valence-corrected chi connectivity index (χ1v) is 7.77. The van der Waals surface area contributed by atoms with E-state index in [0.717, 1.165) is 30.3 Å². The van der Waals surface area contributed by atoms with Gasteiger partial charge in [0.1, 0.15) is 5.82 Å². The Morgan fingerprint density at radius 1 is 1.11 bits per heavy atom. The highest BCUT2D eigenvalue weighted by Gasteiger charge is 2.30. The number of carbonyl (C=O) groups excluding carboxylic acids is 2. The minimum Gasteiger partial charge on any atom is -0.449 e. The van der Waals surface area contributed by atoms with Crippen LogP contribution < -0.4 is 5.32 Å². The van der Waals surface area contributed by atoms with Gasteiger partial charge in [-0.1, -0.05) is 12.1 Å². The predicted octanol–water partition coefficient (Wildman–Crippen LogP) is 4.43. The van der Waals surface area contributed by atoms with Crippen LogP contribution in [0.5, 0.6) is 0 Å². The molecule has 0 unspecified atom stereocenters. The molecule has 0 bridgehead atoms. The number of alkyl halides is 3. The highest BCUT2D eigenvalue weighted by molar-refractivity contribution is 5.96. The molecule has 0 spiro atoms. The maximum atomic E-state index is 13.0. The fourth-order valence-electron chi connectivity index (χ4n) is 2.03. The van der Waals surface area contributed by atoms with Gasteiger partial charge in [-0.2, -0.15) is 13.2 Å². The van der Waals surface area contributed by atoms with Crippen molar-refractivity contribution in [3.8, 4) is 0 Å². The first kappa shape index (κ1) is 20.2. The predicted molar refractivity (Wildman–Crippen MR) is 91.1 cm³/mol. The van der Waals surface area contributed by atoms with E-state index in [0.29, 0.717) is 5.56 Å². The lowest BCUT2D eigenvalue weighted by molar-refractivity contribution is -0.148. The molecule has 0 aliphatic heterocycles.